The van der Waals surface area contributed by atoms with Crippen LogP contribution < -0.4 is 14.8 Å². The van der Waals surface area contributed by atoms with Crippen molar-refractivity contribution in [3.8, 4) is 11.5 Å². The number of hydrogen-bond donors (Lipinski definition) is 1. The van der Waals surface area contributed by atoms with E-state index in [2.05, 4.69) is 27.0 Å². The van der Waals surface area contributed by atoms with Crippen LogP contribution >= 0.6 is 0 Å². The molecule has 0 saturated carbocycles. The molecule has 1 N–H and O–H groups in total. The van der Waals surface area contributed by atoms with Crippen molar-refractivity contribution in [2.45, 2.75) is 13.5 Å². The van der Waals surface area contributed by atoms with Gasteiger partial charge in [0.25, 0.3) is 0 Å². The summed E-state index contributed by atoms with van der Waals surface area (Å²) in [7, 11) is 0. The van der Waals surface area contributed by atoms with Gasteiger partial charge in [-0.25, -0.2) is 0 Å². The summed E-state index contributed by atoms with van der Waals surface area (Å²) in [6.07, 6.45) is 3.77. The van der Waals surface area contributed by atoms with Crippen LogP contribution in [0.5, 0.6) is 11.5 Å². The summed E-state index contributed by atoms with van der Waals surface area (Å²) in [5.74, 6) is 1.38. The Bertz CT molecular complexity index is 819. The highest BCUT2D eigenvalue weighted by molar-refractivity contribution is 5.92. The number of carbonyl (C=O) groups is 1. The monoisotopic (exact) mass is 368 g/mol. The van der Waals surface area contributed by atoms with Crippen LogP contribution in [0.15, 0.2) is 36.7 Å². The van der Waals surface area contributed by atoms with Crippen molar-refractivity contribution >= 4 is 11.6 Å². The van der Waals surface area contributed by atoms with Gasteiger partial charge in [0, 0.05) is 56.9 Å². The average Bonchev–Trinajstić information content (AvgIpc) is 3.13. The van der Waals surface area contributed by atoms with Gasteiger partial charge in [0.15, 0.2) is 11.5 Å². The Labute approximate surface area is 158 Å². The minimum absolute atomic E-state index is 0.00887. The van der Waals surface area contributed by atoms with E-state index >= 15 is 0 Å². The van der Waals surface area contributed by atoms with E-state index in [4.69, 9.17) is 9.47 Å². The molecule has 3 heterocycles. The molecular weight excluding hydrogens is 344 g/mol. The number of aryl methyl sites for hydroxylation is 1. The first-order valence-electron chi connectivity index (χ1n) is 9.21. The summed E-state index contributed by atoms with van der Waals surface area (Å²) in [5.41, 5.74) is 3.27. The summed E-state index contributed by atoms with van der Waals surface area (Å²) in [5, 5.41) is 2.94. The van der Waals surface area contributed by atoms with Gasteiger partial charge in [-0.05, 0) is 36.2 Å². The Morgan fingerprint density at radius 1 is 1.11 bits per heavy atom. The zero-order valence-electron chi connectivity index (χ0n) is 15.5. The van der Waals surface area contributed by atoms with E-state index < -0.39 is 0 Å². The number of nitrogens with one attached hydrogen (secondary N) is 1. The number of piperazine rings is 1. The fourth-order valence-electron chi connectivity index (χ4n) is 3.39. The van der Waals surface area contributed by atoms with Crippen molar-refractivity contribution in [3.63, 3.8) is 0 Å². The van der Waals surface area contributed by atoms with E-state index in [1.54, 1.807) is 6.07 Å². The van der Waals surface area contributed by atoms with Crippen LogP contribution in [0.2, 0.25) is 0 Å². The van der Waals surface area contributed by atoms with Crippen molar-refractivity contribution in [2.24, 2.45) is 0 Å². The third-order valence-corrected chi connectivity index (χ3v) is 5.03. The minimum Gasteiger partial charge on any atom is -0.454 e. The van der Waals surface area contributed by atoms with Gasteiger partial charge in [0.1, 0.15) is 0 Å². The maximum Gasteiger partial charge on any atom is 0.238 e. The quantitative estimate of drug-likeness (QED) is 0.869. The topological polar surface area (TPSA) is 66.9 Å². The minimum atomic E-state index is -0.00887. The third-order valence-electron chi connectivity index (χ3n) is 5.03. The molecule has 142 valence electrons. The fourth-order valence-corrected chi connectivity index (χ4v) is 3.39. The largest absolute Gasteiger partial charge is 0.454 e. The number of ether oxygens (including phenoxy) is 2. The van der Waals surface area contributed by atoms with Gasteiger partial charge in [-0.15, -0.1) is 0 Å². The molecule has 0 unspecified atom stereocenters. The van der Waals surface area contributed by atoms with Crippen molar-refractivity contribution in [1.29, 1.82) is 0 Å². The Balaban J connectivity index is 1.24. The molecule has 0 radical (unpaired) electrons. The Morgan fingerprint density at radius 2 is 1.89 bits per heavy atom. The molecule has 7 heteroatoms. The zero-order chi connectivity index (χ0) is 18.6. The van der Waals surface area contributed by atoms with Crippen molar-refractivity contribution in [2.75, 3.05) is 44.8 Å². The number of carbonyl (C=O) groups excluding carboxylic acids is 1. The third kappa shape index (κ3) is 4.37. The van der Waals surface area contributed by atoms with E-state index in [1.165, 1.54) is 11.1 Å². The molecule has 0 bridgehead atoms. The van der Waals surface area contributed by atoms with E-state index in [0.717, 1.165) is 38.4 Å². The summed E-state index contributed by atoms with van der Waals surface area (Å²) < 4.78 is 10.6. The number of pyridine rings is 1. The summed E-state index contributed by atoms with van der Waals surface area (Å²) >= 11 is 0. The lowest BCUT2D eigenvalue weighted by molar-refractivity contribution is -0.117. The molecule has 1 saturated heterocycles. The number of nitrogens with zero attached hydrogens (tertiary/aromatic N) is 3. The van der Waals surface area contributed by atoms with Crippen molar-refractivity contribution < 1.29 is 14.3 Å². The number of anilines is 1. The van der Waals surface area contributed by atoms with E-state index in [1.807, 2.05) is 30.6 Å². The smallest absolute Gasteiger partial charge is 0.238 e. The number of fused-ring (bicyclic) bond motifs is 1. The van der Waals surface area contributed by atoms with Gasteiger partial charge in [0.05, 0.1) is 6.54 Å². The van der Waals surface area contributed by atoms with Gasteiger partial charge < -0.3 is 14.8 Å². The van der Waals surface area contributed by atoms with E-state index in [0.29, 0.717) is 18.0 Å². The lowest BCUT2D eigenvalue weighted by atomic mass is 10.1. The van der Waals surface area contributed by atoms with Gasteiger partial charge in [0.2, 0.25) is 12.7 Å². The molecular formula is C20H24N4O3. The van der Waals surface area contributed by atoms with Crippen LogP contribution in [0.25, 0.3) is 0 Å². The van der Waals surface area contributed by atoms with Crippen LogP contribution in [0.1, 0.15) is 11.1 Å². The molecule has 4 rings (SSSR count). The normalized spacial score (nSPS) is 17.1. The predicted octanol–water partition coefficient (Wildman–Crippen LogP) is 1.88. The molecule has 1 amide bonds. The molecule has 1 aromatic carbocycles. The first-order valence-corrected chi connectivity index (χ1v) is 9.21. The predicted molar refractivity (Wildman–Crippen MR) is 102 cm³/mol. The molecule has 2 aromatic rings. The summed E-state index contributed by atoms with van der Waals surface area (Å²) in [4.78, 5) is 21.2. The van der Waals surface area contributed by atoms with Gasteiger partial charge in [-0.3, -0.25) is 19.6 Å². The van der Waals surface area contributed by atoms with Gasteiger partial charge in [-0.1, -0.05) is 0 Å². The van der Waals surface area contributed by atoms with Crippen LogP contribution in [0, 0.1) is 6.92 Å². The highest BCUT2D eigenvalue weighted by atomic mass is 16.7. The van der Waals surface area contributed by atoms with Crippen LogP contribution in [-0.2, 0) is 11.3 Å². The maximum atomic E-state index is 12.4. The van der Waals surface area contributed by atoms with Gasteiger partial charge >= 0.3 is 0 Å². The Hall–Kier alpha value is -2.64. The fraction of sp³-hybridized carbons (Fsp3) is 0.400. The van der Waals surface area contributed by atoms with Crippen molar-refractivity contribution in [1.82, 2.24) is 14.8 Å². The molecule has 0 spiro atoms. The standard InChI is InChI=1S/C20H24N4O3/c1-15-4-5-21-11-16(15)12-23-6-8-24(9-7-23)13-20(25)22-17-2-3-18-19(10-17)27-14-26-18/h2-5,10-11H,6-9,12-14H2,1H3,(H,22,25). The summed E-state index contributed by atoms with van der Waals surface area (Å²) in [6, 6.07) is 7.50. The SMILES string of the molecule is Cc1ccncc1CN1CCN(CC(=O)Nc2ccc3c(c2)OCO3)CC1. The highest BCUT2D eigenvalue weighted by Gasteiger charge is 2.20. The molecule has 1 fully saturated rings. The lowest BCUT2D eigenvalue weighted by Gasteiger charge is -2.34. The molecule has 27 heavy (non-hydrogen) atoms. The van der Waals surface area contributed by atoms with Gasteiger partial charge in [-0.2, -0.15) is 0 Å². The second kappa shape index (κ2) is 7.94. The molecule has 0 aliphatic carbocycles. The van der Waals surface area contributed by atoms with Crippen molar-refractivity contribution in [3.05, 3.63) is 47.8 Å². The molecule has 2 aliphatic rings. The second-order valence-electron chi connectivity index (χ2n) is 6.97. The van der Waals surface area contributed by atoms with Crippen LogP contribution in [-0.4, -0.2) is 60.2 Å². The molecule has 7 nitrogen and oxygen atoms in total. The summed E-state index contributed by atoms with van der Waals surface area (Å²) in [6.45, 7) is 7.33. The first-order chi connectivity index (χ1) is 13.2. The van der Waals surface area contributed by atoms with E-state index in [9.17, 15) is 4.79 Å². The molecule has 2 aliphatic heterocycles. The zero-order valence-corrected chi connectivity index (χ0v) is 15.5. The number of amides is 1. The number of aromatic nitrogens is 1. The number of hydrogen-bond acceptors (Lipinski definition) is 6. The van der Waals surface area contributed by atoms with Crippen LogP contribution in [0.4, 0.5) is 5.69 Å². The second-order valence-corrected chi connectivity index (χ2v) is 6.97. The van der Waals surface area contributed by atoms with Crippen LogP contribution in [0.3, 0.4) is 0 Å². The Morgan fingerprint density at radius 3 is 2.70 bits per heavy atom. The molecule has 1 aromatic heterocycles. The van der Waals surface area contributed by atoms with E-state index in [-0.39, 0.29) is 12.7 Å². The average molecular weight is 368 g/mol. The lowest BCUT2D eigenvalue weighted by Crippen LogP contribution is -2.48. The molecule has 0 atom stereocenters. The highest BCUT2D eigenvalue weighted by Crippen LogP contribution is 2.34. The number of benzene rings is 1. The first kappa shape index (κ1) is 17.8. The number of rotatable bonds is 5. The Kier molecular flexibility index (Phi) is 5.22. The maximum absolute atomic E-state index is 12.4.